The van der Waals surface area contributed by atoms with E-state index in [9.17, 15) is 4.79 Å². The predicted octanol–water partition coefficient (Wildman–Crippen LogP) is 2.41. The Morgan fingerprint density at radius 1 is 1.19 bits per heavy atom. The molecule has 3 aromatic rings. The van der Waals surface area contributed by atoms with Crippen molar-refractivity contribution in [3.8, 4) is 11.1 Å². The lowest BCUT2D eigenvalue weighted by Crippen LogP contribution is -2.54. The predicted molar refractivity (Wildman–Crippen MR) is 105 cm³/mol. The molecule has 1 aliphatic rings. The number of nitrogens with one attached hydrogen (secondary N) is 1. The van der Waals surface area contributed by atoms with Gasteiger partial charge in [0.1, 0.15) is 0 Å². The molecule has 0 aliphatic carbocycles. The second-order valence-corrected chi connectivity index (χ2v) is 7.26. The summed E-state index contributed by atoms with van der Waals surface area (Å²) in [6.45, 7) is 2.37. The lowest BCUT2D eigenvalue weighted by Gasteiger charge is -2.39. The standard InChI is InChI=1S/C21H25N5O/c1-24-8-9-26(15-18(24)10-16-6-4-3-5-7-16)21(27)20-13-22-12-19(20)17-11-23-25(2)14-17/h3-7,11-14,18,22H,8-10,15H2,1-2H3. The van der Waals surface area contributed by atoms with Gasteiger partial charge in [0.05, 0.1) is 11.8 Å². The van der Waals surface area contributed by atoms with Gasteiger partial charge in [0.25, 0.3) is 5.91 Å². The lowest BCUT2D eigenvalue weighted by molar-refractivity contribution is 0.0548. The van der Waals surface area contributed by atoms with Crippen molar-refractivity contribution < 1.29 is 4.79 Å². The van der Waals surface area contributed by atoms with Crippen LogP contribution in [0.4, 0.5) is 0 Å². The zero-order valence-electron chi connectivity index (χ0n) is 15.8. The maximum absolute atomic E-state index is 13.2. The van der Waals surface area contributed by atoms with Crippen LogP contribution in [0.5, 0.6) is 0 Å². The monoisotopic (exact) mass is 363 g/mol. The Morgan fingerprint density at radius 3 is 2.74 bits per heavy atom. The first-order valence-electron chi connectivity index (χ1n) is 9.31. The largest absolute Gasteiger partial charge is 0.366 e. The third kappa shape index (κ3) is 3.66. The maximum Gasteiger partial charge on any atom is 0.256 e. The van der Waals surface area contributed by atoms with Gasteiger partial charge in [-0.15, -0.1) is 0 Å². The van der Waals surface area contributed by atoms with E-state index < -0.39 is 0 Å². The van der Waals surface area contributed by atoms with Gasteiger partial charge in [0.2, 0.25) is 0 Å². The Labute approximate surface area is 159 Å². The first-order chi connectivity index (χ1) is 13.1. The first-order valence-corrected chi connectivity index (χ1v) is 9.31. The maximum atomic E-state index is 13.2. The van der Waals surface area contributed by atoms with Crippen LogP contribution in [0.25, 0.3) is 11.1 Å². The van der Waals surface area contributed by atoms with Crippen LogP contribution in [0.3, 0.4) is 0 Å². The van der Waals surface area contributed by atoms with Crippen molar-refractivity contribution in [1.82, 2.24) is 24.6 Å². The van der Waals surface area contributed by atoms with Crippen LogP contribution in [0.2, 0.25) is 0 Å². The highest BCUT2D eigenvalue weighted by Gasteiger charge is 2.29. The van der Waals surface area contributed by atoms with Gasteiger partial charge in [-0.2, -0.15) is 5.10 Å². The van der Waals surface area contributed by atoms with Crippen LogP contribution in [0.15, 0.2) is 55.1 Å². The van der Waals surface area contributed by atoms with Crippen molar-refractivity contribution in [3.63, 3.8) is 0 Å². The van der Waals surface area contributed by atoms with Crippen molar-refractivity contribution >= 4 is 5.91 Å². The molecule has 3 heterocycles. The Balaban J connectivity index is 1.52. The molecular weight excluding hydrogens is 338 g/mol. The minimum Gasteiger partial charge on any atom is -0.366 e. The van der Waals surface area contributed by atoms with E-state index in [1.165, 1.54) is 5.56 Å². The second-order valence-electron chi connectivity index (χ2n) is 7.26. The second kappa shape index (κ2) is 7.40. The van der Waals surface area contributed by atoms with E-state index in [-0.39, 0.29) is 5.91 Å². The number of aryl methyl sites for hydroxylation is 1. The number of hydrogen-bond acceptors (Lipinski definition) is 3. The van der Waals surface area contributed by atoms with Crippen molar-refractivity contribution in [2.24, 2.45) is 7.05 Å². The number of aromatic nitrogens is 3. The Bertz CT molecular complexity index is 914. The molecule has 1 fully saturated rings. The molecule has 1 aromatic carbocycles. The summed E-state index contributed by atoms with van der Waals surface area (Å²) in [7, 11) is 4.03. The molecule has 1 aliphatic heterocycles. The smallest absolute Gasteiger partial charge is 0.256 e. The molecule has 1 N–H and O–H groups in total. The number of benzene rings is 1. The highest BCUT2D eigenvalue weighted by atomic mass is 16.2. The van der Waals surface area contributed by atoms with Gasteiger partial charge in [-0.05, 0) is 19.0 Å². The number of aromatic amines is 1. The Hall–Kier alpha value is -2.86. The van der Waals surface area contributed by atoms with Crippen LogP contribution in [-0.4, -0.2) is 63.2 Å². The molecule has 1 atom stereocenters. The fraction of sp³-hybridized carbons (Fsp3) is 0.333. The van der Waals surface area contributed by atoms with E-state index in [1.807, 2.05) is 30.4 Å². The van der Waals surface area contributed by atoms with Crippen LogP contribution >= 0.6 is 0 Å². The fourth-order valence-corrected chi connectivity index (χ4v) is 3.75. The highest BCUT2D eigenvalue weighted by Crippen LogP contribution is 2.25. The summed E-state index contributed by atoms with van der Waals surface area (Å²) in [6, 6.07) is 10.8. The number of carbonyl (C=O) groups is 1. The number of hydrogen-bond donors (Lipinski definition) is 1. The molecule has 0 spiro atoms. The summed E-state index contributed by atoms with van der Waals surface area (Å²) >= 11 is 0. The van der Waals surface area contributed by atoms with Gasteiger partial charge in [-0.25, -0.2) is 0 Å². The molecule has 1 saturated heterocycles. The molecule has 27 heavy (non-hydrogen) atoms. The average molecular weight is 363 g/mol. The van der Waals surface area contributed by atoms with E-state index in [2.05, 4.69) is 46.3 Å². The van der Waals surface area contributed by atoms with E-state index in [4.69, 9.17) is 0 Å². The summed E-state index contributed by atoms with van der Waals surface area (Å²) in [5.74, 6) is 0.0845. The number of likely N-dealkylation sites (N-methyl/N-ethyl adjacent to an activating group) is 1. The summed E-state index contributed by atoms with van der Waals surface area (Å²) in [6.07, 6.45) is 8.35. The van der Waals surface area contributed by atoms with Gasteiger partial charge < -0.3 is 9.88 Å². The SMILES string of the molecule is CN1CCN(C(=O)c2c[nH]cc2-c2cnn(C)c2)CC1Cc1ccccc1. The summed E-state index contributed by atoms with van der Waals surface area (Å²) in [4.78, 5) is 20.7. The topological polar surface area (TPSA) is 57.2 Å². The van der Waals surface area contributed by atoms with Gasteiger partial charge >= 0.3 is 0 Å². The zero-order valence-corrected chi connectivity index (χ0v) is 15.8. The molecule has 140 valence electrons. The van der Waals surface area contributed by atoms with Crippen molar-refractivity contribution in [3.05, 3.63) is 66.2 Å². The number of carbonyl (C=O) groups excluding carboxylic acids is 1. The number of rotatable bonds is 4. The molecule has 6 heteroatoms. The van der Waals surface area contributed by atoms with E-state index in [0.29, 0.717) is 11.6 Å². The van der Waals surface area contributed by atoms with E-state index in [0.717, 1.165) is 37.2 Å². The summed E-state index contributed by atoms with van der Waals surface area (Å²) in [5.41, 5.74) is 3.89. The normalized spacial score (nSPS) is 18.0. The molecule has 0 saturated carbocycles. The third-order valence-electron chi connectivity index (χ3n) is 5.37. The quantitative estimate of drug-likeness (QED) is 0.774. The van der Waals surface area contributed by atoms with Crippen LogP contribution in [0.1, 0.15) is 15.9 Å². The molecule has 4 rings (SSSR count). The first kappa shape index (κ1) is 17.5. The van der Waals surface area contributed by atoms with E-state index in [1.54, 1.807) is 17.1 Å². The third-order valence-corrected chi connectivity index (χ3v) is 5.37. The number of piperazine rings is 1. The fourth-order valence-electron chi connectivity index (χ4n) is 3.75. The number of nitrogens with zero attached hydrogens (tertiary/aromatic N) is 4. The van der Waals surface area contributed by atoms with Crippen LogP contribution in [0, 0.1) is 0 Å². The van der Waals surface area contributed by atoms with Crippen molar-refractivity contribution in [1.29, 1.82) is 0 Å². The molecule has 1 amide bonds. The van der Waals surface area contributed by atoms with Gasteiger partial charge in [0.15, 0.2) is 0 Å². The summed E-state index contributed by atoms with van der Waals surface area (Å²) in [5, 5.41) is 4.23. The molecule has 1 unspecified atom stereocenters. The number of amides is 1. The van der Waals surface area contributed by atoms with Gasteiger partial charge in [-0.1, -0.05) is 30.3 Å². The van der Waals surface area contributed by atoms with Gasteiger partial charge in [-0.3, -0.25) is 14.4 Å². The molecular formula is C21H25N5O. The minimum atomic E-state index is 0.0845. The Morgan fingerprint density at radius 2 is 2.00 bits per heavy atom. The molecule has 0 radical (unpaired) electrons. The average Bonchev–Trinajstić information content (AvgIpc) is 3.32. The molecule has 6 nitrogen and oxygen atoms in total. The zero-order chi connectivity index (χ0) is 18.8. The van der Waals surface area contributed by atoms with Gasteiger partial charge in [0, 0.05) is 62.4 Å². The van der Waals surface area contributed by atoms with Crippen LogP contribution in [-0.2, 0) is 13.5 Å². The molecule has 2 aromatic heterocycles. The molecule has 0 bridgehead atoms. The van der Waals surface area contributed by atoms with E-state index >= 15 is 0 Å². The van der Waals surface area contributed by atoms with Crippen LogP contribution < -0.4 is 0 Å². The minimum absolute atomic E-state index is 0.0845. The van der Waals surface area contributed by atoms with Crippen molar-refractivity contribution in [2.75, 3.05) is 26.7 Å². The number of H-pyrrole nitrogens is 1. The highest BCUT2D eigenvalue weighted by molar-refractivity contribution is 6.00. The lowest BCUT2D eigenvalue weighted by atomic mass is 10.0. The summed E-state index contributed by atoms with van der Waals surface area (Å²) < 4.78 is 1.75. The van der Waals surface area contributed by atoms with Crippen molar-refractivity contribution in [2.45, 2.75) is 12.5 Å². The Kier molecular flexibility index (Phi) is 4.81.